The monoisotopic (exact) mass is 885 g/mol. The first-order valence-electron chi connectivity index (χ1n) is 23.5. The molecule has 0 atom stereocenters. The van der Waals surface area contributed by atoms with E-state index >= 15 is 0 Å². The van der Waals surface area contributed by atoms with E-state index in [2.05, 4.69) is 254 Å². The molecule has 0 fully saturated rings. The number of hydrogen-bond acceptors (Lipinski definition) is 3. The second-order valence-corrected chi connectivity index (χ2v) is 17.5. The Balaban J connectivity index is 1.18. The van der Waals surface area contributed by atoms with Crippen molar-refractivity contribution < 1.29 is 9.47 Å². The average molecular weight is 886 g/mol. The number of hydrogen-bond donors (Lipinski definition) is 0. The van der Waals surface area contributed by atoms with Gasteiger partial charge in [-0.25, -0.2) is 0 Å². The lowest BCUT2D eigenvalue weighted by Gasteiger charge is -2.30. The highest BCUT2D eigenvalue weighted by Gasteiger charge is 2.29. The summed E-state index contributed by atoms with van der Waals surface area (Å²) in [6, 6.07) is 90.0. The Morgan fingerprint density at radius 1 is 0.261 bits per heavy atom. The molecule has 0 unspecified atom stereocenters. The fraction of sp³-hybridized carbons (Fsp3) is 0.0303. The first-order valence-corrected chi connectivity index (χ1v) is 23.5. The average Bonchev–Trinajstić information content (AvgIpc) is 3.43. The first kappa shape index (κ1) is 41.5. The number of anilines is 3. The molecule has 0 spiro atoms. The Hall–Kier alpha value is -8.92. The summed E-state index contributed by atoms with van der Waals surface area (Å²) in [5.74, 6) is 1.61. The van der Waals surface area contributed by atoms with E-state index in [1.165, 1.54) is 32.3 Å². The summed E-state index contributed by atoms with van der Waals surface area (Å²) < 4.78 is 11.5. The van der Waals surface area contributed by atoms with Crippen molar-refractivity contribution in [3.05, 3.63) is 249 Å². The van der Waals surface area contributed by atoms with Crippen molar-refractivity contribution in [1.29, 1.82) is 0 Å². The van der Waals surface area contributed by atoms with Crippen LogP contribution in [0.3, 0.4) is 0 Å². The molecule has 0 aliphatic heterocycles. The molecule has 69 heavy (non-hydrogen) atoms. The Bertz CT molecular complexity index is 3720. The minimum absolute atomic E-state index is 0.806. The van der Waals surface area contributed by atoms with Crippen molar-refractivity contribution in [3.8, 4) is 78.3 Å². The van der Waals surface area contributed by atoms with Crippen LogP contribution < -0.4 is 14.4 Å². The van der Waals surface area contributed by atoms with E-state index in [9.17, 15) is 0 Å². The van der Waals surface area contributed by atoms with Crippen LogP contribution in [-0.4, -0.2) is 14.2 Å². The zero-order valence-electron chi connectivity index (χ0n) is 38.4. The SMILES string of the molecule is COc1ccc(-c2c(-c3ccccc3)c(-c3ccccc3)c(-c3ccc(OC)cc3)c(-c3ccc(N(c4ccccc4)c4ccc5ccc6cccc7ccc4c5c67)cc3)c2-c2ccccc2)cc1. The van der Waals surface area contributed by atoms with Crippen LogP contribution in [0.25, 0.3) is 99.1 Å². The molecule has 12 rings (SSSR count). The standard InChI is InChI=1S/C66H47NO2/c1-68-55-38-30-51(31-39-55)65-61(44-16-7-3-8-17-44)62(45-18-9-4-10-19-45)66(52-32-40-56(69-2)41-33-52)64(63(65)46-20-11-5-12-21-46)50-28-36-54(37-29-50)67(53-24-13-6-14-25-53)58-43-35-49-27-26-47-22-15-23-48-34-42-57(58)60(49)59(47)48/h3-43H,1-2H3. The fourth-order valence-corrected chi connectivity index (χ4v) is 10.5. The molecule has 0 heterocycles. The number of ether oxygens (including phenoxy) is 2. The number of benzene rings is 12. The lowest BCUT2D eigenvalue weighted by atomic mass is 9.74. The number of nitrogens with zero attached hydrogens (tertiary/aromatic N) is 1. The van der Waals surface area contributed by atoms with E-state index in [-0.39, 0.29) is 0 Å². The molecule has 0 radical (unpaired) electrons. The Kier molecular flexibility index (Phi) is 10.7. The Morgan fingerprint density at radius 3 is 1.01 bits per heavy atom. The highest BCUT2D eigenvalue weighted by Crippen LogP contribution is 2.56. The molecule has 0 amide bonds. The van der Waals surface area contributed by atoms with Crippen molar-refractivity contribution in [1.82, 2.24) is 0 Å². The normalized spacial score (nSPS) is 11.3. The largest absolute Gasteiger partial charge is 0.497 e. The minimum Gasteiger partial charge on any atom is -0.497 e. The van der Waals surface area contributed by atoms with Gasteiger partial charge in [0, 0.05) is 16.8 Å². The third-order valence-corrected chi connectivity index (χ3v) is 13.6. The van der Waals surface area contributed by atoms with Crippen molar-refractivity contribution >= 4 is 49.4 Å². The van der Waals surface area contributed by atoms with Crippen LogP contribution >= 0.6 is 0 Å². The van der Waals surface area contributed by atoms with Gasteiger partial charge < -0.3 is 14.4 Å². The minimum atomic E-state index is 0.806. The van der Waals surface area contributed by atoms with Gasteiger partial charge in [0.25, 0.3) is 0 Å². The van der Waals surface area contributed by atoms with Crippen LogP contribution in [0, 0.1) is 0 Å². The predicted octanol–water partition coefficient (Wildman–Crippen LogP) is 18.1. The van der Waals surface area contributed by atoms with E-state index in [0.29, 0.717) is 0 Å². The summed E-state index contributed by atoms with van der Waals surface area (Å²) >= 11 is 0. The van der Waals surface area contributed by atoms with Crippen molar-refractivity contribution in [3.63, 3.8) is 0 Å². The van der Waals surface area contributed by atoms with Crippen LogP contribution in [0.4, 0.5) is 17.1 Å². The molecule has 0 aromatic heterocycles. The summed E-state index contributed by atoms with van der Waals surface area (Å²) in [4.78, 5) is 2.41. The Morgan fingerprint density at radius 2 is 0.594 bits per heavy atom. The molecule has 3 nitrogen and oxygen atoms in total. The van der Waals surface area contributed by atoms with Gasteiger partial charge in [-0.2, -0.15) is 0 Å². The van der Waals surface area contributed by atoms with Crippen LogP contribution in [-0.2, 0) is 0 Å². The molecule has 12 aromatic carbocycles. The van der Waals surface area contributed by atoms with Gasteiger partial charge >= 0.3 is 0 Å². The lowest BCUT2D eigenvalue weighted by Crippen LogP contribution is -2.10. The zero-order chi connectivity index (χ0) is 46.3. The number of methoxy groups -OCH3 is 2. The molecule has 0 saturated carbocycles. The first-order chi connectivity index (χ1) is 34.2. The third kappa shape index (κ3) is 7.33. The van der Waals surface area contributed by atoms with Crippen LogP contribution in [0.15, 0.2) is 249 Å². The molecular weight excluding hydrogens is 839 g/mol. The zero-order valence-corrected chi connectivity index (χ0v) is 38.4. The molecular formula is C66H47NO2. The highest BCUT2D eigenvalue weighted by molar-refractivity contribution is 6.26. The smallest absolute Gasteiger partial charge is 0.118 e. The second-order valence-electron chi connectivity index (χ2n) is 17.5. The van der Waals surface area contributed by atoms with Gasteiger partial charge in [0.05, 0.1) is 19.9 Å². The second kappa shape index (κ2) is 17.7. The molecule has 12 aromatic rings. The quantitative estimate of drug-likeness (QED) is 0.121. The number of rotatable bonds is 11. The lowest BCUT2D eigenvalue weighted by molar-refractivity contribution is 0.415. The molecule has 0 saturated heterocycles. The number of para-hydroxylation sites is 1. The van der Waals surface area contributed by atoms with E-state index in [1.807, 2.05) is 0 Å². The van der Waals surface area contributed by atoms with Crippen molar-refractivity contribution in [2.24, 2.45) is 0 Å². The van der Waals surface area contributed by atoms with Gasteiger partial charge in [-0.15, -0.1) is 0 Å². The van der Waals surface area contributed by atoms with Gasteiger partial charge in [-0.05, 0) is 148 Å². The summed E-state index contributed by atoms with van der Waals surface area (Å²) in [5.41, 5.74) is 16.8. The van der Waals surface area contributed by atoms with Gasteiger partial charge in [0.1, 0.15) is 11.5 Å². The van der Waals surface area contributed by atoms with Gasteiger partial charge in [0.2, 0.25) is 0 Å². The van der Waals surface area contributed by atoms with E-state index in [1.54, 1.807) is 14.2 Å². The maximum Gasteiger partial charge on any atom is 0.118 e. The molecule has 3 heteroatoms. The topological polar surface area (TPSA) is 21.7 Å². The van der Waals surface area contributed by atoms with Crippen molar-refractivity contribution in [2.45, 2.75) is 0 Å². The van der Waals surface area contributed by atoms with Crippen LogP contribution in [0.5, 0.6) is 11.5 Å². The molecule has 0 aliphatic carbocycles. The maximum absolute atomic E-state index is 5.77. The highest BCUT2D eigenvalue weighted by atomic mass is 16.5. The van der Waals surface area contributed by atoms with E-state index in [0.717, 1.165) is 95.3 Å². The summed E-state index contributed by atoms with van der Waals surface area (Å²) in [5, 5.41) is 7.55. The molecule has 0 aliphatic rings. The molecule has 0 bridgehead atoms. The maximum atomic E-state index is 5.77. The summed E-state index contributed by atoms with van der Waals surface area (Å²) in [7, 11) is 3.45. The fourth-order valence-electron chi connectivity index (χ4n) is 10.5. The summed E-state index contributed by atoms with van der Waals surface area (Å²) in [6.07, 6.45) is 0. The van der Waals surface area contributed by atoms with Crippen LogP contribution in [0.1, 0.15) is 0 Å². The van der Waals surface area contributed by atoms with Crippen LogP contribution in [0.2, 0.25) is 0 Å². The summed E-state index contributed by atoms with van der Waals surface area (Å²) in [6.45, 7) is 0. The van der Waals surface area contributed by atoms with E-state index in [4.69, 9.17) is 9.47 Å². The van der Waals surface area contributed by atoms with Crippen molar-refractivity contribution in [2.75, 3.05) is 19.1 Å². The Labute approximate surface area is 403 Å². The molecule has 328 valence electrons. The third-order valence-electron chi connectivity index (χ3n) is 13.6. The van der Waals surface area contributed by atoms with Gasteiger partial charge in [0.15, 0.2) is 0 Å². The van der Waals surface area contributed by atoms with Gasteiger partial charge in [-0.1, -0.05) is 194 Å². The predicted molar refractivity (Wildman–Crippen MR) is 291 cm³/mol. The van der Waals surface area contributed by atoms with Gasteiger partial charge in [-0.3, -0.25) is 0 Å². The van der Waals surface area contributed by atoms with E-state index < -0.39 is 0 Å². The molecule has 0 N–H and O–H groups in total.